The third-order valence-corrected chi connectivity index (χ3v) is 13.4. The van der Waals surface area contributed by atoms with Crippen LogP contribution in [-0.4, -0.2) is 47.8 Å². The summed E-state index contributed by atoms with van der Waals surface area (Å²) < 4.78 is 8.91. The highest BCUT2D eigenvalue weighted by Crippen LogP contribution is 2.62. The molecule has 0 saturated carbocycles. The Morgan fingerprint density at radius 2 is 0.794 bits per heavy atom. The number of anilines is 4. The van der Waals surface area contributed by atoms with Crippen molar-refractivity contribution in [3.05, 3.63) is 219 Å². The van der Waals surface area contributed by atoms with Crippen LogP contribution in [0.25, 0.3) is 78.2 Å². The van der Waals surface area contributed by atoms with Crippen LogP contribution in [0, 0.1) is 0 Å². The summed E-state index contributed by atoms with van der Waals surface area (Å²) >= 11 is 0. The first-order valence-corrected chi connectivity index (χ1v) is 22.5. The standard InChI is InChI=1S/C56H38N12/c1-56-49-42-25-13-15-27-44(42)66-47(64(38-19-7-3-8-20-38)51-53(66)60-34-32-58-51)30-29-46-63(37-17-5-2-6-18-37)50-52(59-33-31-57-50)65(46)43-26-14-11-23-40(43)48(49)41-24-12-16-28-45(41)68(56)55-54(61-35-36-62-55)67(56)39-21-9-4-10-22-39/h2-36H,1H3. The molecule has 6 aromatic heterocycles. The van der Waals surface area contributed by atoms with Crippen LogP contribution in [-0.2, 0) is 5.66 Å². The molecule has 68 heavy (non-hydrogen) atoms. The number of aromatic nitrogens is 10. The molecule has 0 saturated heterocycles. The van der Waals surface area contributed by atoms with E-state index in [1.165, 1.54) is 0 Å². The van der Waals surface area contributed by atoms with Crippen LogP contribution in [0.2, 0.25) is 0 Å². The molecule has 1 atom stereocenters. The van der Waals surface area contributed by atoms with E-state index in [9.17, 15) is 0 Å². The summed E-state index contributed by atoms with van der Waals surface area (Å²) in [5, 5.41) is 1.99. The molecule has 0 spiro atoms. The molecular weight excluding hydrogens is 841 g/mol. The lowest BCUT2D eigenvalue weighted by molar-refractivity contribution is 0.514. The average molecular weight is 879 g/mol. The fourth-order valence-electron chi connectivity index (χ4n) is 10.9. The van der Waals surface area contributed by atoms with Crippen molar-refractivity contribution in [2.45, 2.75) is 12.6 Å². The van der Waals surface area contributed by atoms with Gasteiger partial charge in [0.2, 0.25) is 0 Å². The highest BCUT2D eigenvalue weighted by Gasteiger charge is 2.55. The summed E-state index contributed by atoms with van der Waals surface area (Å²) in [6, 6.07) is 61.7. The Bertz CT molecular complexity index is 4110. The molecule has 12 aromatic rings. The Kier molecular flexibility index (Phi) is 8.11. The van der Waals surface area contributed by atoms with Crippen molar-refractivity contribution in [2.24, 2.45) is 0 Å². The van der Waals surface area contributed by atoms with E-state index in [1.54, 1.807) is 37.2 Å². The summed E-state index contributed by atoms with van der Waals surface area (Å²) in [7, 11) is 0. The quantitative estimate of drug-likeness (QED) is 0.173. The maximum atomic E-state index is 5.17. The monoisotopic (exact) mass is 878 g/mol. The number of nitrogens with zero attached hydrogens (tertiary/aromatic N) is 12. The fourth-order valence-corrected chi connectivity index (χ4v) is 10.9. The largest absolute Gasteiger partial charge is 0.295 e. The van der Waals surface area contributed by atoms with Crippen LogP contribution in [0.3, 0.4) is 0 Å². The second kappa shape index (κ2) is 14.5. The maximum absolute atomic E-state index is 5.17. The van der Waals surface area contributed by atoms with Gasteiger partial charge in [0.15, 0.2) is 34.2 Å². The molecule has 12 heteroatoms. The maximum Gasteiger partial charge on any atom is 0.183 e. The first-order valence-electron chi connectivity index (χ1n) is 22.5. The van der Waals surface area contributed by atoms with Gasteiger partial charge in [-0.1, -0.05) is 109 Å². The van der Waals surface area contributed by atoms with Crippen molar-refractivity contribution >= 4 is 78.7 Å². The van der Waals surface area contributed by atoms with Crippen molar-refractivity contribution in [1.29, 1.82) is 0 Å². The molecule has 1 unspecified atom stereocenters. The average Bonchev–Trinajstić information content (AvgIpc) is 4.01. The van der Waals surface area contributed by atoms with Gasteiger partial charge < -0.3 is 0 Å². The minimum Gasteiger partial charge on any atom is -0.295 e. The Morgan fingerprint density at radius 1 is 0.368 bits per heavy atom. The van der Waals surface area contributed by atoms with Crippen molar-refractivity contribution in [2.75, 3.05) is 9.80 Å². The normalized spacial score (nSPS) is 14.8. The molecule has 0 radical (unpaired) electrons. The van der Waals surface area contributed by atoms with Crippen LogP contribution in [0.1, 0.15) is 12.5 Å². The zero-order valence-corrected chi connectivity index (χ0v) is 36.6. The molecule has 0 fully saturated rings. The molecule has 12 nitrogen and oxygen atoms in total. The molecular formula is C56H38N12. The van der Waals surface area contributed by atoms with Crippen LogP contribution in [0.5, 0.6) is 0 Å². The summed E-state index contributed by atoms with van der Waals surface area (Å²) in [5.41, 5.74) is 12.3. The smallest absolute Gasteiger partial charge is 0.183 e. The summed E-state index contributed by atoms with van der Waals surface area (Å²) in [6.45, 7) is 2.31. The lowest BCUT2D eigenvalue weighted by Gasteiger charge is -2.47. The van der Waals surface area contributed by atoms with Gasteiger partial charge in [-0.2, -0.15) is 0 Å². The Labute approximate surface area is 388 Å². The van der Waals surface area contributed by atoms with Crippen molar-refractivity contribution in [3.8, 4) is 22.5 Å². The highest BCUT2D eigenvalue weighted by molar-refractivity contribution is 6.10. The lowest BCUT2D eigenvalue weighted by atomic mass is 9.81. The third kappa shape index (κ3) is 5.19. The zero-order valence-electron chi connectivity index (χ0n) is 36.6. The van der Waals surface area contributed by atoms with Crippen molar-refractivity contribution in [3.63, 3.8) is 0 Å². The molecule has 0 aliphatic carbocycles. The van der Waals surface area contributed by atoms with Gasteiger partial charge >= 0.3 is 0 Å². The van der Waals surface area contributed by atoms with Gasteiger partial charge in [0.25, 0.3) is 0 Å². The highest BCUT2D eigenvalue weighted by atomic mass is 15.5. The Hall–Kier alpha value is -9.42. The van der Waals surface area contributed by atoms with Gasteiger partial charge in [-0.25, -0.2) is 29.9 Å². The predicted octanol–water partition coefficient (Wildman–Crippen LogP) is 12.1. The number of fused-ring (bicyclic) bond motifs is 20. The topological polar surface area (TPSA) is 102 Å². The van der Waals surface area contributed by atoms with Crippen LogP contribution in [0.15, 0.2) is 213 Å². The lowest BCUT2D eigenvalue weighted by Crippen LogP contribution is -2.50. The molecule has 0 N–H and O–H groups in total. The third-order valence-electron chi connectivity index (χ3n) is 13.4. The predicted molar refractivity (Wildman–Crippen MR) is 269 cm³/mol. The Balaban J connectivity index is 1.34. The van der Waals surface area contributed by atoms with E-state index in [0.29, 0.717) is 22.6 Å². The summed E-state index contributed by atoms with van der Waals surface area (Å²) in [4.78, 5) is 35.5. The van der Waals surface area contributed by atoms with Gasteiger partial charge in [0.05, 0.1) is 16.7 Å². The number of para-hydroxylation sites is 6. The summed E-state index contributed by atoms with van der Waals surface area (Å²) in [6.07, 6.45) is 10.7. The molecule has 2 aliphatic rings. The molecule has 6 aromatic carbocycles. The zero-order chi connectivity index (χ0) is 44.9. The SMILES string of the molecule is CC12c3c(c4ccccc4n4c5nccnc5n(-c5ccccc5)c4ccc4n(-c5ccccc5)c5nccnc5n4c4ccccc34)-c3ccccc3N1c1nccnc1N2c1ccccc1. The van der Waals surface area contributed by atoms with E-state index >= 15 is 0 Å². The minimum absolute atomic E-state index is 0.694. The van der Waals surface area contributed by atoms with E-state index in [-0.39, 0.29) is 0 Å². The first kappa shape index (κ1) is 37.9. The number of imidazole rings is 2. The van der Waals surface area contributed by atoms with E-state index in [2.05, 4.69) is 198 Å². The second-order valence-electron chi connectivity index (χ2n) is 17.0. The van der Waals surface area contributed by atoms with Gasteiger partial charge in [-0.05, 0) is 73.7 Å². The van der Waals surface area contributed by atoms with Crippen LogP contribution in [0.4, 0.5) is 23.0 Å². The van der Waals surface area contributed by atoms with Crippen LogP contribution >= 0.6 is 0 Å². The number of hydrogen-bond donors (Lipinski definition) is 0. The van der Waals surface area contributed by atoms with Gasteiger partial charge in [0, 0.05) is 81.7 Å². The second-order valence-corrected chi connectivity index (χ2v) is 17.0. The molecule has 0 bridgehead atoms. The van der Waals surface area contributed by atoms with E-state index in [4.69, 9.17) is 29.9 Å². The van der Waals surface area contributed by atoms with E-state index in [1.807, 2.05) is 12.1 Å². The van der Waals surface area contributed by atoms with Gasteiger partial charge in [0.1, 0.15) is 17.0 Å². The molecule has 2 aliphatic heterocycles. The summed E-state index contributed by atoms with van der Waals surface area (Å²) in [5.74, 6) is 1.51. The molecule has 322 valence electrons. The van der Waals surface area contributed by atoms with Crippen molar-refractivity contribution < 1.29 is 0 Å². The number of benzene rings is 6. The minimum atomic E-state index is -0.979. The number of hydrogen-bond acceptors (Lipinski definition) is 8. The van der Waals surface area contributed by atoms with Crippen LogP contribution < -0.4 is 9.80 Å². The molecule has 8 heterocycles. The fraction of sp³-hybridized carbons (Fsp3) is 0.0357. The van der Waals surface area contributed by atoms with Crippen molar-refractivity contribution in [1.82, 2.24) is 47.8 Å². The van der Waals surface area contributed by atoms with E-state index < -0.39 is 5.66 Å². The Morgan fingerprint density at radius 3 is 1.37 bits per heavy atom. The number of rotatable bonds is 3. The first-order chi connectivity index (χ1) is 33.7. The van der Waals surface area contributed by atoms with Gasteiger partial charge in [-0.15, -0.1) is 0 Å². The van der Waals surface area contributed by atoms with E-state index in [0.717, 1.165) is 84.2 Å². The molecule has 0 amide bonds. The molecule has 14 rings (SSSR count). The van der Waals surface area contributed by atoms with Gasteiger partial charge in [-0.3, -0.25) is 27.7 Å².